The highest BCUT2D eigenvalue weighted by Gasteiger charge is 2.29. The highest BCUT2D eigenvalue weighted by molar-refractivity contribution is 7.20. The van der Waals surface area contributed by atoms with Crippen LogP contribution in [0.15, 0.2) is 0 Å². The van der Waals surface area contributed by atoms with Gasteiger partial charge in [-0.2, -0.15) is 0 Å². The Labute approximate surface area is 164 Å². The van der Waals surface area contributed by atoms with Crippen molar-refractivity contribution in [3.05, 3.63) is 22.0 Å². The number of carbonyl (C=O) groups is 2. The Morgan fingerprint density at radius 2 is 1.93 bits per heavy atom. The minimum Gasteiger partial charge on any atom is -0.355 e. The lowest BCUT2D eigenvalue weighted by Crippen LogP contribution is -2.41. The fourth-order valence-corrected chi connectivity index (χ4v) is 4.45. The quantitative estimate of drug-likeness (QED) is 0.750. The first-order chi connectivity index (χ1) is 13.0. The van der Waals surface area contributed by atoms with Gasteiger partial charge in [-0.25, -0.2) is 9.97 Å². The zero-order valence-electron chi connectivity index (χ0n) is 16.6. The van der Waals surface area contributed by atoms with Crippen LogP contribution in [0.5, 0.6) is 0 Å². The Balaban J connectivity index is 1.89. The number of carbonyl (C=O) groups excluding carboxylic acids is 2. The van der Waals surface area contributed by atoms with Crippen molar-refractivity contribution in [2.24, 2.45) is 0 Å². The molecule has 0 atom stereocenters. The number of nitrogens with one attached hydrogen (secondary N) is 1. The van der Waals surface area contributed by atoms with Crippen LogP contribution in [0.25, 0.3) is 10.2 Å². The van der Waals surface area contributed by atoms with E-state index in [1.165, 1.54) is 11.3 Å². The molecule has 7 heteroatoms. The molecule has 6 nitrogen and oxygen atoms in total. The van der Waals surface area contributed by atoms with Gasteiger partial charge in [-0.3, -0.25) is 9.59 Å². The topological polar surface area (TPSA) is 75.2 Å². The molecule has 2 aromatic rings. The van der Waals surface area contributed by atoms with E-state index in [0.29, 0.717) is 23.9 Å². The molecule has 0 saturated heterocycles. The van der Waals surface area contributed by atoms with E-state index in [-0.39, 0.29) is 18.4 Å². The number of aromatic nitrogens is 2. The Kier molecular flexibility index (Phi) is 6.09. The first-order valence-corrected chi connectivity index (χ1v) is 10.6. The van der Waals surface area contributed by atoms with Gasteiger partial charge in [0.2, 0.25) is 5.91 Å². The summed E-state index contributed by atoms with van der Waals surface area (Å²) >= 11 is 1.43. The lowest BCUT2D eigenvalue weighted by Gasteiger charge is -2.21. The number of aryl methyl sites for hydroxylation is 2. The average Bonchev–Trinajstić information content (AvgIpc) is 3.43. The molecule has 1 N–H and O–H groups in total. The molecule has 0 aromatic carbocycles. The van der Waals surface area contributed by atoms with Gasteiger partial charge in [0.05, 0.1) is 17.1 Å². The maximum atomic E-state index is 13.2. The lowest BCUT2D eigenvalue weighted by molar-refractivity contribution is -0.121. The highest BCUT2D eigenvalue weighted by atomic mass is 32.1. The molecule has 1 saturated carbocycles. The summed E-state index contributed by atoms with van der Waals surface area (Å²) in [4.78, 5) is 37.9. The van der Waals surface area contributed by atoms with Crippen LogP contribution in [0.3, 0.4) is 0 Å². The van der Waals surface area contributed by atoms with Crippen LogP contribution in [0.2, 0.25) is 0 Å². The van der Waals surface area contributed by atoms with Gasteiger partial charge in [0.1, 0.15) is 10.7 Å². The van der Waals surface area contributed by atoms with Gasteiger partial charge in [0.25, 0.3) is 5.91 Å². The van der Waals surface area contributed by atoms with E-state index in [1.54, 1.807) is 4.90 Å². The van der Waals surface area contributed by atoms with Crippen molar-refractivity contribution in [2.45, 2.75) is 59.3 Å². The van der Waals surface area contributed by atoms with Crippen molar-refractivity contribution >= 4 is 33.4 Å². The van der Waals surface area contributed by atoms with E-state index in [1.807, 2.05) is 27.7 Å². The minimum atomic E-state index is -0.107. The second-order valence-electron chi connectivity index (χ2n) is 7.25. The zero-order valence-corrected chi connectivity index (χ0v) is 17.4. The number of rotatable bonds is 8. The summed E-state index contributed by atoms with van der Waals surface area (Å²) in [5, 5.41) is 3.84. The Morgan fingerprint density at radius 1 is 1.19 bits per heavy atom. The predicted molar refractivity (Wildman–Crippen MR) is 108 cm³/mol. The number of thiophene rings is 1. The zero-order chi connectivity index (χ0) is 19.6. The number of nitrogens with zero attached hydrogens (tertiary/aromatic N) is 3. The Hall–Kier alpha value is -2.02. The summed E-state index contributed by atoms with van der Waals surface area (Å²) in [5.41, 5.74) is 1.87. The first kappa shape index (κ1) is 19.7. The molecule has 2 heterocycles. The van der Waals surface area contributed by atoms with E-state index in [9.17, 15) is 9.59 Å². The fraction of sp³-hybridized carbons (Fsp3) is 0.600. The van der Waals surface area contributed by atoms with Crippen LogP contribution in [0, 0.1) is 13.8 Å². The highest BCUT2D eigenvalue weighted by Crippen LogP contribution is 2.40. The third-order valence-corrected chi connectivity index (χ3v) is 5.99. The van der Waals surface area contributed by atoms with Crippen molar-refractivity contribution in [1.29, 1.82) is 0 Å². The molecule has 2 amide bonds. The number of hydrogen-bond donors (Lipinski definition) is 1. The second kappa shape index (κ2) is 8.33. The molecule has 0 aliphatic heterocycles. The lowest BCUT2D eigenvalue weighted by atomic mass is 10.1. The summed E-state index contributed by atoms with van der Waals surface area (Å²) < 4.78 is 0. The normalized spacial score (nSPS) is 13.8. The van der Waals surface area contributed by atoms with Gasteiger partial charge >= 0.3 is 0 Å². The van der Waals surface area contributed by atoms with Crippen molar-refractivity contribution in [3.63, 3.8) is 0 Å². The van der Waals surface area contributed by atoms with Crippen molar-refractivity contribution in [1.82, 2.24) is 20.2 Å². The van der Waals surface area contributed by atoms with Gasteiger partial charge in [-0.15, -0.1) is 11.3 Å². The van der Waals surface area contributed by atoms with Crippen LogP contribution in [0.4, 0.5) is 0 Å². The summed E-state index contributed by atoms with van der Waals surface area (Å²) in [5.74, 6) is 1.19. The van der Waals surface area contributed by atoms with Gasteiger partial charge in [-0.1, -0.05) is 13.8 Å². The fourth-order valence-electron chi connectivity index (χ4n) is 3.25. The monoisotopic (exact) mass is 388 g/mol. The third kappa shape index (κ3) is 4.29. The average molecular weight is 389 g/mol. The smallest absolute Gasteiger partial charge is 0.264 e. The molecule has 0 radical (unpaired) electrons. The van der Waals surface area contributed by atoms with Gasteiger partial charge < -0.3 is 10.2 Å². The summed E-state index contributed by atoms with van der Waals surface area (Å²) in [6.07, 6.45) is 3.99. The SMILES string of the molecule is CCCNC(=O)CN(CCC)C(=O)c1sc2nc(C3CC3)nc(C)c2c1C. The Bertz CT molecular complexity index is 857. The van der Waals surface area contributed by atoms with E-state index < -0.39 is 0 Å². The van der Waals surface area contributed by atoms with Crippen molar-refractivity contribution in [3.8, 4) is 0 Å². The standard InChI is InChI=1S/C20H28N4O2S/c1-5-9-21-15(25)11-24(10-6-2)20(26)17-12(3)16-13(4)22-18(14-7-8-14)23-19(16)27-17/h14H,5-11H2,1-4H3,(H,21,25). The van der Waals surface area contributed by atoms with Crippen LogP contribution >= 0.6 is 11.3 Å². The molecular formula is C20H28N4O2S. The molecule has 0 unspecified atom stereocenters. The molecule has 3 rings (SSSR count). The number of amides is 2. The molecule has 1 aliphatic rings. The summed E-state index contributed by atoms with van der Waals surface area (Å²) in [6.45, 7) is 9.26. The summed E-state index contributed by atoms with van der Waals surface area (Å²) in [6, 6.07) is 0. The van der Waals surface area contributed by atoms with Crippen LogP contribution in [0.1, 0.15) is 72.2 Å². The maximum Gasteiger partial charge on any atom is 0.264 e. The van der Waals surface area contributed by atoms with E-state index in [0.717, 1.165) is 53.0 Å². The largest absolute Gasteiger partial charge is 0.355 e. The van der Waals surface area contributed by atoms with Crippen LogP contribution < -0.4 is 5.32 Å². The predicted octanol–water partition coefficient (Wildman–Crippen LogP) is 3.56. The van der Waals surface area contributed by atoms with Gasteiger partial charge in [0, 0.05) is 24.4 Å². The van der Waals surface area contributed by atoms with E-state index in [2.05, 4.69) is 10.3 Å². The van der Waals surface area contributed by atoms with E-state index >= 15 is 0 Å². The number of fused-ring (bicyclic) bond motifs is 1. The van der Waals surface area contributed by atoms with Gasteiger partial charge in [-0.05, 0) is 45.1 Å². The second-order valence-corrected chi connectivity index (χ2v) is 8.25. The van der Waals surface area contributed by atoms with Gasteiger partial charge in [0.15, 0.2) is 0 Å². The molecule has 1 aliphatic carbocycles. The molecular weight excluding hydrogens is 360 g/mol. The third-order valence-electron chi connectivity index (χ3n) is 4.81. The first-order valence-electron chi connectivity index (χ1n) is 9.79. The minimum absolute atomic E-state index is 0.0867. The molecule has 1 fully saturated rings. The maximum absolute atomic E-state index is 13.2. The molecule has 146 valence electrons. The Morgan fingerprint density at radius 3 is 2.56 bits per heavy atom. The molecule has 0 spiro atoms. The molecule has 27 heavy (non-hydrogen) atoms. The van der Waals surface area contributed by atoms with Crippen molar-refractivity contribution < 1.29 is 9.59 Å². The summed E-state index contributed by atoms with van der Waals surface area (Å²) in [7, 11) is 0. The molecule has 0 bridgehead atoms. The molecule has 2 aromatic heterocycles. The number of hydrogen-bond acceptors (Lipinski definition) is 5. The van der Waals surface area contributed by atoms with Crippen LogP contribution in [-0.2, 0) is 4.79 Å². The van der Waals surface area contributed by atoms with Crippen molar-refractivity contribution in [2.75, 3.05) is 19.6 Å². The van der Waals surface area contributed by atoms with E-state index in [4.69, 9.17) is 4.98 Å². The van der Waals surface area contributed by atoms with Crippen LogP contribution in [-0.4, -0.2) is 46.3 Å².